The second-order valence-corrected chi connectivity index (χ2v) is 4.51. The number of hydrogen-bond donors (Lipinski definition) is 0. The van der Waals surface area contributed by atoms with Gasteiger partial charge in [-0.2, -0.15) is 0 Å². The number of likely N-dealkylation sites (tertiary alicyclic amines) is 1. The molecule has 0 aromatic carbocycles. The van der Waals surface area contributed by atoms with Crippen molar-refractivity contribution in [1.29, 1.82) is 0 Å². The maximum absolute atomic E-state index is 12.0. The van der Waals surface area contributed by atoms with Crippen molar-refractivity contribution in [1.82, 2.24) is 4.90 Å². The SMILES string of the molecule is C#CCOCC1CCCN1C(=O)CCCCN=[N+]=[N-]. The molecule has 0 aromatic heterocycles. The van der Waals surface area contributed by atoms with Gasteiger partial charge in [0.25, 0.3) is 0 Å². The first kappa shape index (κ1) is 15.4. The standard InChI is InChI=1S/C13H20N4O2/c1-2-10-19-11-12-6-5-9-17(12)13(18)7-3-4-8-15-16-14/h1,12H,3-11H2. The lowest BCUT2D eigenvalue weighted by molar-refractivity contribution is -0.133. The average Bonchev–Trinajstić information content (AvgIpc) is 2.87. The van der Waals surface area contributed by atoms with Crippen molar-refractivity contribution in [2.24, 2.45) is 5.11 Å². The van der Waals surface area contributed by atoms with Crippen molar-refractivity contribution in [3.8, 4) is 12.3 Å². The van der Waals surface area contributed by atoms with Crippen LogP contribution in [0, 0.1) is 12.3 Å². The fraction of sp³-hybridized carbons (Fsp3) is 0.769. The Bertz CT molecular complexity index is 371. The van der Waals surface area contributed by atoms with Crippen LogP contribution in [0.3, 0.4) is 0 Å². The molecule has 0 spiro atoms. The molecule has 1 unspecified atom stereocenters. The van der Waals surface area contributed by atoms with E-state index in [-0.39, 0.29) is 11.9 Å². The highest BCUT2D eigenvalue weighted by Crippen LogP contribution is 2.19. The Labute approximate surface area is 113 Å². The van der Waals surface area contributed by atoms with E-state index < -0.39 is 0 Å². The van der Waals surface area contributed by atoms with Gasteiger partial charge in [-0.1, -0.05) is 11.0 Å². The number of carbonyl (C=O) groups is 1. The van der Waals surface area contributed by atoms with Crippen molar-refractivity contribution in [3.05, 3.63) is 10.4 Å². The molecule has 1 atom stereocenters. The Morgan fingerprint density at radius 2 is 2.42 bits per heavy atom. The fourth-order valence-corrected chi connectivity index (χ4v) is 2.24. The summed E-state index contributed by atoms with van der Waals surface area (Å²) in [5.74, 6) is 2.58. The van der Waals surface area contributed by atoms with E-state index in [1.54, 1.807) is 0 Å². The molecule has 1 saturated heterocycles. The van der Waals surface area contributed by atoms with Crippen LogP contribution in [0.5, 0.6) is 0 Å². The zero-order chi connectivity index (χ0) is 13.9. The number of rotatable bonds is 8. The topological polar surface area (TPSA) is 78.3 Å². The van der Waals surface area contributed by atoms with Gasteiger partial charge in [-0.3, -0.25) is 4.79 Å². The van der Waals surface area contributed by atoms with E-state index in [0.717, 1.165) is 32.2 Å². The first-order valence-electron chi connectivity index (χ1n) is 6.61. The molecule has 1 fully saturated rings. The Morgan fingerprint density at radius 3 is 3.16 bits per heavy atom. The van der Waals surface area contributed by atoms with Crippen LogP contribution in [0.4, 0.5) is 0 Å². The smallest absolute Gasteiger partial charge is 0.222 e. The first-order chi connectivity index (χ1) is 9.29. The normalized spacial score (nSPS) is 17.8. The summed E-state index contributed by atoms with van der Waals surface area (Å²) < 4.78 is 5.32. The van der Waals surface area contributed by atoms with Crippen LogP contribution < -0.4 is 0 Å². The Hall–Kier alpha value is -1.70. The number of unbranched alkanes of at least 4 members (excludes halogenated alkanes) is 1. The largest absolute Gasteiger partial charge is 0.367 e. The predicted octanol–water partition coefficient (Wildman–Crippen LogP) is 2.11. The van der Waals surface area contributed by atoms with Gasteiger partial charge >= 0.3 is 0 Å². The minimum Gasteiger partial charge on any atom is -0.367 e. The molecule has 19 heavy (non-hydrogen) atoms. The van der Waals surface area contributed by atoms with Crippen molar-refractivity contribution in [3.63, 3.8) is 0 Å². The maximum atomic E-state index is 12.0. The maximum Gasteiger partial charge on any atom is 0.222 e. The summed E-state index contributed by atoms with van der Waals surface area (Å²) in [5, 5.41) is 3.45. The van der Waals surface area contributed by atoms with Gasteiger partial charge in [0.2, 0.25) is 5.91 Å². The summed E-state index contributed by atoms with van der Waals surface area (Å²) >= 11 is 0. The molecule has 0 radical (unpaired) electrons. The van der Waals surface area contributed by atoms with Gasteiger partial charge in [0.15, 0.2) is 0 Å². The van der Waals surface area contributed by atoms with Crippen LogP contribution in [0.25, 0.3) is 10.4 Å². The van der Waals surface area contributed by atoms with Crippen LogP contribution in [-0.4, -0.2) is 43.2 Å². The van der Waals surface area contributed by atoms with Gasteiger partial charge in [-0.05, 0) is 31.2 Å². The third-order valence-electron chi connectivity index (χ3n) is 3.16. The Morgan fingerprint density at radius 1 is 1.58 bits per heavy atom. The zero-order valence-electron chi connectivity index (χ0n) is 11.1. The van der Waals surface area contributed by atoms with Gasteiger partial charge < -0.3 is 9.64 Å². The molecule has 0 bridgehead atoms. The highest BCUT2D eigenvalue weighted by Gasteiger charge is 2.28. The van der Waals surface area contributed by atoms with Gasteiger partial charge in [-0.25, -0.2) is 0 Å². The van der Waals surface area contributed by atoms with E-state index in [0.29, 0.717) is 26.2 Å². The molecule has 6 heteroatoms. The highest BCUT2D eigenvalue weighted by atomic mass is 16.5. The second-order valence-electron chi connectivity index (χ2n) is 4.51. The monoisotopic (exact) mass is 264 g/mol. The molecule has 1 aliphatic heterocycles. The summed E-state index contributed by atoms with van der Waals surface area (Å²) in [6.45, 7) is 2.08. The number of amides is 1. The quantitative estimate of drug-likeness (QED) is 0.221. The lowest BCUT2D eigenvalue weighted by atomic mass is 10.2. The van der Waals surface area contributed by atoms with Gasteiger partial charge in [0.05, 0.1) is 12.6 Å². The molecule has 0 aromatic rings. The van der Waals surface area contributed by atoms with Gasteiger partial charge in [-0.15, -0.1) is 6.42 Å². The van der Waals surface area contributed by atoms with Crippen molar-refractivity contribution < 1.29 is 9.53 Å². The molecule has 1 aliphatic rings. The number of hydrogen-bond acceptors (Lipinski definition) is 3. The van der Waals surface area contributed by atoms with Crippen LogP contribution in [0.2, 0.25) is 0 Å². The molecule has 0 N–H and O–H groups in total. The van der Waals surface area contributed by atoms with E-state index >= 15 is 0 Å². The molecule has 104 valence electrons. The molecule has 0 aliphatic carbocycles. The third kappa shape index (κ3) is 5.64. The van der Waals surface area contributed by atoms with E-state index in [2.05, 4.69) is 15.9 Å². The molecule has 0 saturated carbocycles. The molecular formula is C13H20N4O2. The molecular weight excluding hydrogens is 244 g/mol. The third-order valence-corrected chi connectivity index (χ3v) is 3.16. The van der Waals surface area contributed by atoms with Crippen molar-refractivity contribution >= 4 is 5.91 Å². The summed E-state index contributed by atoms with van der Waals surface area (Å²) in [7, 11) is 0. The van der Waals surface area contributed by atoms with E-state index in [1.165, 1.54) is 0 Å². The lowest BCUT2D eigenvalue weighted by Crippen LogP contribution is -2.38. The number of terminal acetylenes is 1. The highest BCUT2D eigenvalue weighted by molar-refractivity contribution is 5.76. The van der Waals surface area contributed by atoms with E-state index in [1.807, 2.05) is 4.90 Å². The Balaban J connectivity index is 2.25. The van der Waals surface area contributed by atoms with Crippen LogP contribution in [0.1, 0.15) is 32.1 Å². The summed E-state index contributed by atoms with van der Waals surface area (Å²) in [6, 6.07) is 0.165. The van der Waals surface area contributed by atoms with E-state index in [4.69, 9.17) is 16.7 Å². The minimum absolute atomic E-state index is 0.160. The minimum atomic E-state index is 0.160. The summed E-state index contributed by atoms with van der Waals surface area (Å²) in [4.78, 5) is 16.6. The molecule has 6 nitrogen and oxygen atoms in total. The molecule has 1 amide bonds. The van der Waals surface area contributed by atoms with Crippen LogP contribution in [-0.2, 0) is 9.53 Å². The van der Waals surface area contributed by atoms with Gasteiger partial charge in [0.1, 0.15) is 6.61 Å². The summed E-state index contributed by atoms with van der Waals surface area (Å²) in [6.07, 6.45) is 9.14. The summed E-state index contributed by atoms with van der Waals surface area (Å²) in [5.41, 5.74) is 8.14. The molecule has 1 heterocycles. The predicted molar refractivity (Wildman–Crippen MR) is 72.3 cm³/mol. The van der Waals surface area contributed by atoms with Crippen LogP contribution in [0.15, 0.2) is 5.11 Å². The van der Waals surface area contributed by atoms with Crippen molar-refractivity contribution in [2.45, 2.75) is 38.1 Å². The van der Waals surface area contributed by atoms with Gasteiger partial charge in [0, 0.05) is 24.4 Å². The fourth-order valence-electron chi connectivity index (χ4n) is 2.24. The zero-order valence-corrected chi connectivity index (χ0v) is 11.1. The first-order valence-corrected chi connectivity index (χ1v) is 6.61. The van der Waals surface area contributed by atoms with E-state index in [9.17, 15) is 4.79 Å². The second kappa shape index (κ2) is 9.26. The van der Waals surface area contributed by atoms with Crippen LogP contribution >= 0.6 is 0 Å². The Kier molecular flexibility index (Phi) is 7.48. The molecule has 1 rings (SSSR count). The number of carbonyl (C=O) groups excluding carboxylic acids is 1. The number of azide groups is 1. The number of nitrogens with zero attached hydrogens (tertiary/aromatic N) is 4. The number of ether oxygens (including phenoxy) is 1. The average molecular weight is 264 g/mol. The lowest BCUT2D eigenvalue weighted by Gasteiger charge is -2.24. The van der Waals surface area contributed by atoms with Crippen molar-refractivity contribution in [2.75, 3.05) is 26.3 Å².